The fraction of sp³-hybridized carbons (Fsp3) is 0.333. The molecule has 0 unspecified atom stereocenters. The van der Waals surface area contributed by atoms with E-state index in [1.807, 2.05) is 0 Å². The number of aromatic nitrogens is 3. The fourth-order valence-corrected chi connectivity index (χ4v) is 0.706. The topological polar surface area (TPSA) is 91.0 Å². The van der Waals surface area contributed by atoms with Gasteiger partial charge in [0.05, 0.1) is 12.8 Å². The molecule has 0 fully saturated rings. The Labute approximate surface area is 68.8 Å². The zero-order chi connectivity index (χ0) is 9.14. The van der Waals surface area contributed by atoms with Gasteiger partial charge in [0.15, 0.2) is 5.69 Å². The number of hydrogen-bond acceptors (Lipinski definition) is 6. The fourth-order valence-electron chi connectivity index (χ4n) is 0.706. The highest BCUT2D eigenvalue weighted by Gasteiger charge is 2.12. The predicted octanol–water partition coefficient (Wildman–Crippen LogP) is -0.451. The Hall–Kier alpha value is -1.72. The van der Waals surface area contributed by atoms with Gasteiger partial charge >= 0.3 is 5.97 Å². The molecular formula is C6H8N4O2. The summed E-state index contributed by atoms with van der Waals surface area (Å²) in [5.41, 5.74) is 5.73. The quantitative estimate of drug-likeness (QED) is 0.571. The highest BCUT2D eigenvalue weighted by Crippen LogP contribution is 2.01. The molecule has 1 aromatic heterocycles. The molecule has 0 aromatic carbocycles. The number of esters is 1. The third-order valence-corrected chi connectivity index (χ3v) is 1.26. The second-order valence-electron chi connectivity index (χ2n) is 2.10. The van der Waals surface area contributed by atoms with Crippen LogP contribution < -0.4 is 5.73 Å². The molecule has 1 aromatic rings. The molecule has 0 bridgehead atoms. The molecule has 0 aliphatic heterocycles. The van der Waals surface area contributed by atoms with Crippen LogP contribution in [0.4, 0.5) is 5.95 Å². The molecule has 0 radical (unpaired) electrons. The first-order chi connectivity index (χ1) is 5.65. The lowest BCUT2D eigenvalue weighted by Crippen LogP contribution is -2.11. The standard InChI is InChI=1S/C6H8N4O2/c1-3-4(5(11)12-2)9-10-6(7)8-3/h1-2H3,(H2,7,8,10). The summed E-state index contributed by atoms with van der Waals surface area (Å²) in [5, 5.41) is 6.96. The van der Waals surface area contributed by atoms with Crippen molar-refractivity contribution in [2.75, 3.05) is 12.8 Å². The highest BCUT2D eigenvalue weighted by molar-refractivity contribution is 5.87. The molecule has 0 aliphatic carbocycles. The van der Waals surface area contributed by atoms with Crippen molar-refractivity contribution in [3.63, 3.8) is 0 Å². The molecule has 6 nitrogen and oxygen atoms in total. The van der Waals surface area contributed by atoms with Gasteiger partial charge in [-0.25, -0.2) is 9.78 Å². The van der Waals surface area contributed by atoms with E-state index >= 15 is 0 Å². The Morgan fingerprint density at radius 2 is 2.17 bits per heavy atom. The van der Waals surface area contributed by atoms with E-state index in [0.29, 0.717) is 5.69 Å². The Bertz CT molecular complexity index is 312. The summed E-state index contributed by atoms with van der Waals surface area (Å²) < 4.78 is 4.43. The summed E-state index contributed by atoms with van der Waals surface area (Å²) >= 11 is 0. The highest BCUT2D eigenvalue weighted by atomic mass is 16.5. The van der Waals surface area contributed by atoms with Gasteiger partial charge in [0.2, 0.25) is 5.95 Å². The number of ether oxygens (including phenoxy) is 1. The Kier molecular flexibility index (Phi) is 2.18. The van der Waals surface area contributed by atoms with Gasteiger partial charge in [-0.1, -0.05) is 0 Å². The van der Waals surface area contributed by atoms with Crippen molar-refractivity contribution in [2.45, 2.75) is 6.92 Å². The summed E-state index contributed by atoms with van der Waals surface area (Å²) in [7, 11) is 1.26. The molecule has 2 N–H and O–H groups in total. The maximum absolute atomic E-state index is 10.9. The van der Waals surface area contributed by atoms with E-state index in [4.69, 9.17) is 5.73 Å². The van der Waals surface area contributed by atoms with E-state index in [1.54, 1.807) is 6.92 Å². The minimum Gasteiger partial charge on any atom is -0.464 e. The molecule has 0 atom stereocenters. The first-order valence-corrected chi connectivity index (χ1v) is 3.20. The second-order valence-corrected chi connectivity index (χ2v) is 2.10. The number of rotatable bonds is 1. The molecule has 1 heterocycles. The van der Waals surface area contributed by atoms with Crippen LogP contribution in [0.25, 0.3) is 0 Å². The third-order valence-electron chi connectivity index (χ3n) is 1.26. The molecule has 64 valence electrons. The SMILES string of the molecule is COC(=O)c1nnc(N)nc1C. The smallest absolute Gasteiger partial charge is 0.360 e. The minimum absolute atomic E-state index is 0.0418. The Morgan fingerprint density at radius 1 is 1.50 bits per heavy atom. The molecule has 0 spiro atoms. The van der Waals surface area contributed by atoms with E-state index in [0.717, 1.165) is 0 Å². The van der Waals surface area contributed by atoms with E-state index in [2.05, 4.69) is 19.9 Å². The summed E-state index contributed by atoms with van der Waals surface area (Å²) in [6.07, 6.45) is 0. The van der Waals surface area contributed by atoms with Gasteiger partial charge in [-0.15, -0.1) is 10.2 Å². The molecule has 0 aliphatic rings. The first kappa shape index (κ1) is 8.38. The molecular weight excluding hydrogens is 160 g/mol. The molecule has 0 saturated carbocycles. The number of carbonyl (C=O) groups is 1. The van der Waals surface area contributed by atoms with Crippen LogP contribution in [0, 0.1) is 6.92 Å². The van der Waals surface area contributed by atoms with Crippen molar-refractivity contribution in [1.29, 1.82) is 0 Å². The van der Waals surface area contributed by atoms with E-state index in [1.165, 1.54) is 7.11 Å². The Balaban J connectivity index is 3.09. The zero-order valence-electron chi connectivity index (χ0n) is 6.74. The van der Waals surface area contributed by atoms with Crippen LogP contribution in [0.1, 0.15) is 16.2 Å². The number of anilines is 1. The van der Waals surface area contributed by atoms with Gasteiger partial charge in [-0.05, 0) is 6.92 Å². The van der Waals surface area contributed by atoms with Crippen LogP contribution in [-0.2, 0) is 4.74 Å². The third kappa shape index (κ3) is 1.47. The maximum Gasteiger partial charge on any atom is 0.360 e. The van der Waals surface area contributed by atoms with Crippen molar-refractivity contribution >= 4 is 11.9 Å². The maximum atomic E-state index is 10.9. The lowest BCUT2D eigenvalue weighted by Gasteiger charge is -1.99. The Morgan fingerprint density at radius 3 is 2.67 bits per heavy atom. The van der Waals surface area contributed by atoms with Crippen molar-refractivity contribution in [3.8, 4) is 0 Å². The van der Waals surface area contributed by atoms with Crippen molar-refractivity contribution in [3.05, 3.63) is 11.4 Å². The van der Waals surface area contributed by atoms with Gasteiger partial charge < -0.3 is 10.5 Å². The number of nitrogen functional groups attached to an aromatic ring is 1. The van der Waals surface area contributed by atoms with Gasteiger partial charge in [0, 0.05) is 0 Å². The number of nitrogens with two attached hydrogens (primary N) is 1. The van der Waals surface area contributed by atoms with Gasteiger partial charge in [0.25, 0.3) is 0 Å². The molecule has 0 saturated heterocycles. The lowest BCUT2D eigenvalue weighted by molar-refractivity contribution is 0.0591. The predicted molar refractivity (Wildman–Crippen MR) is 40.3 cm³/mol. The molecule has 6 heteroatoms. The van der Waals surface area contributed by atoms with E-state index < -0.39 is 5.97 Å². The summed E-state index contributed by atoms with van der Waals surface area (Å²) in [5.74, 6) is -0.521. The largest absolute Gasteiger partial charge is 0.464 e. The van der Waals surface area contributed by atoms with Crippen LogP contribution >= 0.6 is 0 Å². The minimum atomic E-state index is -0.563. The van der Waals surface area contributed by atoms with Gasteiger partial charge in [0.1, 0.15) is 0 Å². The lowest BCUT2D eigenvalue weighted by atomic mass is 10.3. The van der Waals surface area contributed by atoms with Gasteiger partial charge in [-0.3, -0.25) is 0 Å². The average molecular weight is 168 g/mol. The van der Waals surface area contributed by atoms with Crippen molar-refractivity contribution in [2.24, 2.45) is 0 Å². The van der Waals surface area contributed by atoms with Crippen LogP contribution in [0.2, 0.25) is 0 Å². The molecule has 0 amide bonds. The number of nitrogens with zero attached hydrogens (tertiary/aromatic N) is 3. The average Bonchev–Trinajstić information content (AvgIpc) is 2.03. The second kappa shape index (κ2) is 3.12. The van der Waals surface area contributed by atoms with E-state index in [-0.39, 0.29) is 11.6 Å². The van der Waals surface area contributed by atoms with Gasteiger partial charge in [-0.2, -0.15) is 0 Å². The summed E-state index contributed by atoms with van der Waals surface area (Å²) in [6.45, 7) is 1.61. The first-order valence-electron chi connectivity index (χ1n) is 3.20. The van der Waals surface area contributed by atoms with Crippen LogP contribution in [0.15, 0.2) is 0 Å². The van der Waals surface area contributed by atoms with Crippen LogP contribution in [-0.4, -0.2) is 28.3 Å². The summed E-state index contributed by atoms with van der Waals surface area (Å²) in [6, 6.07) is 0. The normalized spacial score (nSPS) is 9.50. The van der Waals surface area contributed by atoms with Crippen LogP contribution in [0.3, 0.4) is 0 Å². The zero-order valence-corrected chi connectivity index (χ0v) is 6.74. The van der Waals surface area contributed by atoms with Crippen molar-refractivity contribution in [1.82, 2.24) is 15.2 Å². The van der Waals surface area contributed by atoms with Crippen LogP contribution in [0.5, 0.6) is 0 Å². The number of hydrogen-bond donors (Lipinski definition) is 1. The number of aryl methyl sites for hydroxylation is 1. The van der Waals surface area contributed by atoms with Crippen molar-refractivity contribution < 1.29 is 9.53 Å². The number of methoxy groups -OCH3 is 1. The number of carbonyl (C=O) groups excluding carboxylic acids is 1. The molecule has 1 rings (SSSR count). The summed E-state index contributed by atoms with van der Waals surface area (Å²) in [4.78, 5) is 14.7. The monoisotopic (exact) mass is 168 g/mol. The molecule has 12 heavy (non-hydrogen) atoms. The van der Waals surface area contributed by atoms with E-state index in [9.17, 15) is 4.79 Å².